The summed E-state index contributed by atoms with van der Waals surface area (Å²) in [5, 5.41) is 5.18. The molecule has 0 spiro atoms. The Kier molecular flexibility index (Phi) is 6.65. The summed E-state index contributed by atoms with van der Waals surface area (Å²) in [6, 6.07) is 47.7. The molecule has 0 saturated carbocycles. The van der Waals surface area contributed by atoms with Crippen molar-refractivity contribution in [2.45, 2.75) is 5.92 Å². The number of fused-ring (bicyclic) bond motifs is 8. The Morgan fingerprint density at radius 3 is 2.10 bits per heavy atom. The molecule has 0 amide bonds. The molecule has 0 bridgehead atoms. The van der Waals surface area contributed by atoms with Crippen LogP contribution >= 0.6 is 0 Å². The predicted octanol–water partition coefficient (Wildman–Crippen LogP) is 10.8. The summed E-state index contributed by atoms with van der Waals surface area (Å²) >= 11 is 0.170. The van der Waals surface area contributed by atoms with E-state index in [0.717, 1.165) is 28.3 Å². The molecule has 2 aromatic heterocycles. The first-order valence-electron chi connectivity index (χ1n) is 16.7. The van der Waals surface area contributed by atoms with Crippen LogP contribution in [-0.4, -0.2) is 29.5 Å². The van der Waals surface area contributed by atoms with Crippen LogP contribution < -0.4 is 0 Å². The second kappa shape index (κ2) is 11.5. The van der Waals surface area contributed by atoms with Gasteiger partial charge in [0.05, 0.1) is 0 Å². The summed E-state index contributed by atoms with van der Waals surface area (Å²) in [5.74, 6) is 2.49. The van der Waals surface area contributed by atoms with Crippen molar-refractivity contribution in [3.05, 3.63) is 175 Å². The minimum atomic E-state index is 0.122. The molecule has 0 saturated heterocycles. The quantitative estimate of drug-likeness (QED) is 0.173. The van der Waals surface area contributed by atoms with E-state index in [-0.39, 0.29) is 26.3 Å². The van der Waals surface area contributed by atoms with E-state index < -0.39 is 0 Å². The molecule has 0 aliphatic heterocycles. The normalized spacial score (nSPS) is 16.5. The van der Waals surface area contributed by atoms with Crippen molar-refractivity contribution < 1.29 is 0 Å². The van der Waals surface area contributed by atoms with Gasteiger partial charge in [-0.25, -0.2) is 0 Å². The van der Waals surface area contributed by atoms with Crippen LogP contribution in [0.1, 0.15) is 22.9 Å². The number of benzene rings is 6. The molecule has 8 aromatic rings. The third kappa shape index (κ3) is 4.75. The Labute approximate surface area is 290 Å². The van der Waals surface area contributed by atoms with Crippen LogP contribution in [0.2, 0.25) is 0 Å². The van der Waals surface area contributed by atoms with Crippen LogP contribution in [0.5, 0.6) is 0 Å². The molecule has 2 atom stereocenters. The fourth-order valence-electron chi connectivity index (χ4n) is 7.56. The van der Waals surface area contributed by atoms with Crippen molar-refractivity contribution >= 4 is 56.2 Å². The number of hydrogen-bond donors (Lipinski definition) is 0. The molecule has 3 nitrogen and oxygen atoms in total. The zero-order valence-electron chi connectivity index (χ0n) is 26.5. The molecule has 230 valence electrons. The molecule has 49 heavy (non-hydrogen) atoms. The van der Waals surface area contributed by atoms with E-state index in [1.807, 2.05) is 6.07 Å². The first-order valence-corrected chi connectivity index (χ1v) is 18.4. The van der Waals surface area contributed by atoms with Crippen molar-refractivity contribution in [3.63, 3.8) is 0 Å². The fraction of sp³-hybridized carbons (Fsp3) is 0.0444. The van der Waals surface area contributed by atoms with Crippen molar-refractivity contribution in [1.82, 2.24) is 15.0 Å². The van der Waals surface area contributed by atoms with Crippen LogP contribution in [0, 0.1) is 5.92 Å². The van der Waals surface area contributed by atoms with Gasteiger partial charge in [-0.1, -0.05) is 24.3 Å². The van der Waals surface area contributed by atoms with E-state index >= 15 is 0 Å². The molecule has 0 fully saturated rings. The predicted molar refractivity (Wildman–Crippen MR) is 204 cm³/mol. The maximum absolute atomic E-state index is 5.31. The van der Waals surface area contributed by atoms with Gasteiger partial charge in [-0.15, -0.1) is 0 Å². The van der Waals surface area contributed by atoms with Gasteiger partial charge in [0.1, 0.15) is 0 Å². The van der Waals surface area contributed by atoms with Crippen LogP contribution in [-0.2, 0) is 0 Å². The van der Waals surface area contributed by atoms with Crippen LogP contribution in [0.4, 0.5) is 0 Å². The second-order valence-corrected chi connectivity index (χ2v) is 14.9. The Balaban J connectivity index is 1.13. The van der Waals surface area contributed by atoms with E-state index in [1.54, 1.807) is 0 Å². The Hall–Kier alpha value is -5.67. The van der Waals surface area contributed by atoms with E-state index in [0.29, 0.717) is 5.82 Å². The van der Waals surface area contributed by atoms with Gasteiger partial charge in [0.25, 0.3) is 0 Å². The first-order chi connectivity index (χ1) is 24.3. The molecule has 4 heteroatoms. The first kappa shape index (κ1) is 28.4. The molecule has 2 aliphatic rings. The van der Waals surface area contributed by atoms with E-state index in [1.165, 1.54) is 52.3 Å². The maximum atomic E-state index is 5.31. The molecule has 2 heterocycles. The molecule has 10 rings (SSSR count). The summed E-state index contributed by atoms with van der Waals surface area (Å²) in [6.45, 7) is 0. The van der Waals surface area contributed by atoms with Crippen LogP contribution in [0.3, 0.4) is 0 Å². The summed E-state index contributed by atoms with van der Waals surface area (Å²) in [7, 11) is 0. The third-order valence-corrected chi connectivity index (χ3v) is 12.5. The third-order valence-electron chi connectivity index (χ3n) is 9.96. The molecular weight excluding hydrogens is 661 g/mol. The van der Waals surface area contributed by atoms with Gasteiger partial charge in [0.15, 0.2) is 0 Å². The molecule has 2 aliphatic carbocycles. The second-order valence-electron chi connectivity index (χ2n) is 12.7. The van der Waals surface area contributed by atoms with Crippen molar-refractivity contribution in [2.24, 2.45) is 5.92 Å². The zero-order chi connectivity index (χ0) is 32.3. The van der Waals surface area contributed by atoms with Gasteiger partial charge in [0.2, 0.25) is 0 Å². The van der Waals surface area contributed by atoms with Gasteiger partial charge in [0, 0.05) is 0 Å². The van der Waals surface area contributed by atoms with Crippen molar-refractivity contribution in [1.29, 1.82) is 0 Å². The van der Waals surface area contributed by atoms with Gasteiger partial charge >= 0.3 is 267 Å². The standard InChI is InChI=1S/C45H29N3Se/c1-2-10-28(11-3-1)29-20-22-31(23-21-29)43-46-44(48-45(47-43)40-18-9-16-38-37-14-6-7-19-41(37)49-42(38)40)39-17-8-15-33-35-25-24-30-12-4-5-13-32(30)34(35)26-27-36(33)39/h1-27,33,36H. The average Bonchev–Trinajstić information content (AvgIpc) is 3.57. The SMILES string of the molecule is C1=CC2c3ccc4ccccc4c3C=CC2C(c2nc(-c3ccc(-c4ccccc4)cc3)nc(-c3cccc4c3[se]c3ccccc34)n2)=C1. The minimum absolute atomic E-state index is 0.122. The molecular formula is C45H29N3Se. The number of aromatic nitrogens is 3. The molecule has 2 unspecified atom stereocenters. The fourth-order valence-corrected chi connectivity index (χ4v) is 10.1. The molecule has 0 radical (unpaired) electrons. The van der Waals surface area contributed by atoms with Crippen molar-refractivity contribution in [2.75, 3.05) is 0 Å². The van der Waals surface area contributed by atoms with Gasteiger partial charge in [-0.05, 0) is 0 Å². The summed E-state index contributed by atoms with van der Waals surface area (Å²) in [5.41, 5.74) is 8.21. The van der Waals surface area contributed by atoms with Crippen LogP contribution in [0.25, 0.3) is 75.6 Å². The Morgan fingerprint density at radius 1 is 0.490 bits per heavy atom. The van der Waals surface area contributed by atoms with Gasteiger partial charge < -0.3 is 0 Å². The number of nitrogens with zero attached hydrogens (tertiary/aromatic N) is 3. The summed E-state index contributed by atoms with van der Waals surface area (Å²) in [6.07, 6.45) is 11.4. The molecule has 6 aromatic carbocycles. The number of rotatable bonds is 4. The van der Waals surface area contributed by atoms with Crippen molar-refractivity contribution in [3.8, 4) is 33.9 Å². The monoisotopic (exact) mass is 691 g/mol. The van der Waals surface area contributed by atoms with E-state index in [2.05, 4.69) is 158 Å². The number of hydrogen-bond acceptors (Lipinski definition) is 3. The van der Waals surface area contributed by atoms with E-state index in [4.69, 9.17) is 15.0 Å². The van der Waals surface area contributed by atoms with E-state index in [9.17, 15) is 0 Å². The zero-order valence-corrected chi connectivity index (χ0v) is 28.2. The topological polar surface area (TPSA) is 38.7 Å². The van der Waals surface area contributed by atoms with Gasteiger partial charge in [-0.2, -0.15) is 0 Å². The summed E-state index contributed by atoms with van der Waals surface area (Å²) < 4.78 is 2.75. The Bertz CT molecular complexity index is 2660. The number of allylic oxidation sites excluding steroid dienone is 5. The van der Waals surface area contributed by atoms with Crippen LogP contribution in [0.15, 0.2) is 158 Å². The Morgan fingerprint density at radius 2 is 1.20 bits per heavy atom. The average molecular weight is 691 g/mol. The molecule has 0 N–H and O–H groups in total. The summed E-state index contributed by atoms with van der Waals surface area (Å²) in [4.78, 5) is 15.7. The van der Waals surface area contributed by atoms with Gasteiger partial charge in [-0.3, -0.25) is 0 Å².